The first-order valence-electron chi connectivity index (χ1n) is 6.33. The lowest BCUT2D eigenvalue weighted by atomic mass is 9.69. The molecule has 0 fully saturated rings. The molecular weight excluding hydrogens is 214 g/mol. The third-order valence-corrected chi connectivity index (χ3v) is 3.14. The van der Waals surface area contributed by atoms with Gasteiger partial charge in [0.25, 0.3) is 0 Å². The number of carbonyl (C=O) groups excluding carboxylic acids is 1. The van der Waals surface area contributed by atoms with E-state index < -0.39 is 5.60 Å². The molecule has 102 valence electrons. The number of carbonyl (C=O) groups is 1. The van der Waals surface area contributed by atoms with Gasteiger partial charge in [-0.2, -0.15) is 0 Å². The number of nitrogens with two attached hydrogens (primary N) is 1. The number of esters is 1. The minimum Gasteiger partial charge on any atom is -0.459 e. The number of hydrogen-bond acceptors (Lipinski definition) is 3. The van der Waals surface area contributed by atoms with E-state index in [4.69, 9.17) is 10.5 Å². The molecule has 3 nitrogen and oxygen atoms in total. The van der Waals surface area contributed by atoms with Crippen molar-refractivity contribution in [2.45, 2.75) is 66.9 Å². The topological polar surface area (TPSA) is 52.3 Å². The molecule has 0 amide bonds. The quantitative estimate of drug-likeness (QED) is 0.772. The van der Waals surface area contributed by atoms with Crippen LogP contribution in [0.4, 0.5) is 0 Å². The van der Waals surface area contributed by atoms with Crippen LogP contribution in [0, 0.1) is 10.8 Å². The molecule has 0 saturated carbocycles. The Labute approximate surface area is 106 Å². The van der Waals surface area contributed by atoms with Crippen LogP contribution in [-0.2, 0) is 9.53 Å². The number of ether oxygens (including phenoxy) is 1. The fraction of sp³-hybridized carbons (Fsp3) is 0.929. The molecule has 0 spiro atoms. The van der Waals surface area contributed by atoms with Crippen LogP contribution in [0.25, 0.3) is 0 Å². The van der Waals surface area contributed by atoms with Crippen molar-refractivity contribution in [1.82, 2.24) is 0 Å². The van der Waals surface area contributed by atoms with Gasteiger partial charge in [-0.3, -0.25) is 4.79 Å². The second-order valence-electron chi connectivity index (χ2n) is 7.23. The Bertz CT molecular complexity index is 260. The molecule has 0 aliphatic heterocycles. The molecule has 0 aliphatic rings. The van der Waals surface area contributed by atoms with Crippen molar-refractivity contribution in [3.05, 3.63) is 0 Å². The van der Waals surface area contributed by atoms with E-state index in [0.717, 1.165) is 6.42 Å². The average Bonchev–Trinajstić information content (AvgIpc) is 1.97. The first kappa shape index (κ1) is 16.4. The molecule has 17 heavy (non-hydrogen) atoms. The van der Waals surface area contributed by atoms with Crippen molar-refractivity contribution in [3.63, 3.8) is 0 Å². The highest BCUT2D eigenvalue weighted by Crippen LogP contribution is 2.42. The Balaban J connectivity index is 4.94. The van der Waals surface area contributed by atoms with Gasteiger partial charge in [-0.25, -0.2) is 0 Å². The summed E-state index contributed by atoms with van der Waals surface area (Å²) in [5, 5.41) is 0. The van der Waals surface area contributed by atoms with Crippen molar-refractivity contribution in [1.29, 1.82) is 0 Å². The van der Waals surface area contributed by atoms with Crippen molar-refractivity contribution in [2.24, 2.45) is 16.6 Å². The predicted octanol–water partition coefficient (Wildman–Crippen LogP) is 3.12. The molecule has 0 radical (unpaired) electrons. The highest BCUT2D eigenvalue weighted by Gasteiger charge is 2.43. The maximum Gasteiger partial charge on any atom is 0.307 e. The Morgan fingerprint density at radius 1 is 1.06 bits per heavy atom. The Hall–Kier alpha value is -0.570. The largest absolute Gasteiger partial charge is 0.459 e. The Morgan fingerprint density at radius 2 is 1.53 bits per heavy atom. The number of hydrogen-bond donors (Lipinski definition) is 1. The van der Waals surface area contributed by atoms with Crippen LogP contribution in [-0.4, -0.2) is 18.1 Å². The molecule has 0 aromatic heterocycles. The van der Waals surface area contributed by atoms with E-state index in [2.05, 4.69) is 41.5 Å². The minimum absolute atomic E-state index is 0.0927. The van der Waals surface area contributed by atoms with Gasteiger partial charge in [0.2, 0.25) is 0 Å². The van der Waals surface area contributed by atoms with E-state index in [0.29, 0.717) is 6.54 Å². The van der Waals surface area contributed by atoms with Crippen LogP contribution >= 0.6 is 0 Å². The average molecular weight is 243 g/mol. The van der Waals surface area contributed by atoms with Crippen molar-refractivity contribution >= 4 is 5.97 Å². The second-order valence-corrected chi connectivity index (χ2v) is 7.23. The molecule has 0 saturated heterocycles. The molecule has 0 bridgehead atoms. The fourth-order valence-electron chi connectivity index (χ4n) is 1.89. The third-order valence-electron chi connectivity index (χ3n) is 3.14. The fourth-order valence-corrected chi connectivity index (χ4v) is 1.89. The summed E-state index contributed by atoms with van der Waals surface area (Å²) in [6.45, 7) is 15.2. The smallest absolute Gasteiger partial charge is 0.307 e. The van der Waals surface area contributed by atoms with Gasteiger partial charge in [0, 0.05) is 12.0 Å². The van der Waals surface area contributed by atoms with E-state index in [1.54, 1.807) is 0 Å². The molecule has 0 aromatic rings. The lowest BCUT2D eigenvalue weighted by Gasteiger charge is -2.44. The van der Waals surface area contributed by atoms with Crippen molar-refractivity contribution in [2.75, 3.05) is 6.54 Å². The molecule has 0 aliphatic carbocycles. The highest BCUT2D eigenvalue weighted by molar-refractivity contribution is 5.70. The summed E-state index contributed by atoms with van der Waals surface area (Å²) in [4.78, 5) is 11.7. The van der Waals surface area contributed by atoms with Gasteiger partial charge < -0.3 is 10.5 Å². The van der Waals surface area contributed by atoms with Gasteiger partial charge in [0.15, 0.2) is 0 Å². The normalized spacial score (nSPS) is 16.5. The minimum atomic E-state index is -0.461. The maximum absolute atomic E-state index is 11.7. The van der Waals surface area contributed by atoms with E-state index in [-0.39, 0.29) is 23.2 Å². The lowest BCUT2D eigenvalue weighted by molar-refractivity contribution is -0.175. The zero-order valence-electron chi connectivity index (χ0n) is 12.5. The van der Waals surface area contributed by atoms with E-state index >= 15 is 0 Å². The summed E-state index contributed by atoms with van der Waals surface area (Å²) in [6, 6.07) is 0. The van der Waals surface area contributed by atoms with E-state index in [1.807, 2.05) is 6.92 Å². The van der Waals surface area contributed by atoms with Gasteiger partial charge in [-0.05, 0) is 18.8 Å². The molecule has 0 aromatic carbocycles. The van der Waals surface area contributed by atoms with Crippen LogP contribution in [0.2, 0.25) is 0 Å². The summed E-state index contributed by atoms with van der Waals surface area (Å²) < 4.78 is 5.70. The SMILES string of the molecule is CC(C)(C)CC(C)(OC(=O)CCN)C(C)(C)C. The summed E-state index contributed by atoms with van der Waals surface area (Å²) in [6.07, 6.45) is 1.12. The Morgan fingerprint density at radius 3 is 1.82 bits per heavy atom. The molecule has 0 rings (SSSR count). The third kappa shape index (κ3) is 5.53. The Kier molecular flexibility index (Phi) is 5.20. The zero-order valence-corrected chi connectivity index (χ0v) is 12.5. The maximum atomic E-state index is 11.7. The van der Waals surface area contributed by atoms with E-state index in [9.17, 15) is 4.79 Å². The van der Waals surface area contributed by atoms with Gasteiger partial charge >= 0.3 is 5.97 Å². The molecule has 1 unspecified atom stereocenters. The van der Waals surface area contributed by atoms with Crippen LogP contribution < -0.4 is 5.73 Å². The monoisotopic (exact) mass is 243 g/mol. The van der Waals surface area contributed by atoms with Gasteiger partial charge in [-0.15, -0.1) is 0 Å². The summed E-state index contributed by atoms with van der Waals surface area (Å²) in [5.74, 6) is -0.200. The van der Waals surface area contributed by atoms with Gasteiger partial charge in [-0.1, -0.05) is 41.5 Å². The van der Waals surface area contributed by atoms with Crippen molar-refractivity contribution < 1.29 is 9.53 Å². The van der Waals surface area contributed by atoms with Gasteiger partial charge in [0.1, 0.15) is 5.60 Å². The van der Waals surface area contributed by atoms with Gasteiger partial charge in [0.05, 0.1) is 6.42 Å². The molecule has 2 N–H and O–H groups in total. The molecular formula is C14H29NO2. The first-order chi connectivity index (χ1) is 7.41. The number of rotatable bonds is 4. The summed E-state index contributed by atoms with van der Waals surface area (Å²) in [5.41, 5.74) is 4.95. The van der Waals surface area contributed by atoms with Crippen LogP contribution in [0.3, 0.4) is 0 Å². The standard InChI is InChI=1S/C14H29NO2/c1-12(2,3)10-14(7,13(4,5)6)17-11(16)8-9-15/h8-10,15H2,1-7H3. The van der Waals surface area contributed by atoms with Crippen LogP contribution in [0.1, 0.15) is 61.3 Å². The van der Waals surface area contributed by atoms with Crippen molar-refractivity contribution in [3.8, 4) is 0 Å². The van der Waals surface area contributed by atoms with E-state index in [1.165, 1.54) is 0 Å². The summed E-state index contributed by atoms with van der Waals surface area (Å²) >= 11 is 0. The lowest BCUT2D eigenvalue weighted by Crippen LogP contribution is -2.47. The first-order valence-corrected chi connectivity index (χ1v) is 6.33. The predicted molar refractivity (Wildman–Crippen MR) is 71.7 cm³/mol. The second kappa shape index (κ2) is 5.38. The summed E-state index contributed by atoms with van der Waals surface area (Å²) in [7, 11) is 0. The van der Waals surface area contributed by atoms with Crippen LogP contribution in [0.15, 0.2) is 0 Å². The van der Waals surface area contributed by atoms with Crippen LogP contribution in [0.5, 0.6) is 0 Å². The highest BCUT2D eigenvalue weighted by atomic mass is 16.6. The molecule has 3 heteroatoms. The zero-order chi connectivity index (χ0) is 13.9. The molecule has 1 atom stereocenters. The molecule has 0 heterocycles.